The van der Waals surface area contributed by atoms with Gasteiger partial charge < -0.3 is 0 Å². The van der Waals surface area contributed by atoms with Crippen LogP contribution in [0, 0.1) is 0 Å². The van der Waals surface area contributed by atoms with E-state index in [1.54, 1.807) is 13.8 Å². The van der Waals surface area contributed by atoms with Crippen LogP contribution in [0.25, 0.3) is 0 Å². The van der Waals surface area contributed by atoms with E-state index in [0.29, 0.717) is 13.2 Å². The Balaban J connectivity index is 3.81. The zero-order valence-corrected chi connectivity index (χ0v) is 8.58. The Hall–Kier alpha value is -0.210. The topological polar surface area (TPSA) is 76.1 Å². The van der Waals surface area contributed by atoms with Gasteiger partial charge in [-0.05, 0) is 13.8 Å². The number of rotatable bonds is 7. The second-order valence-corrected chi connectivity index (χ2v) is 3.75. The van der Waals surface area contributed by atoms with Crippen molar-refractivity contribution in [1.82, 2.24) is 5.23 Å². The van der Waals surface area contributed by atoms with Crippen LogP contribution in [-0.4, -0.2) is 43.7 Å². The predicted molar refractivity (Wildman–Crippen MR) is 46.4 cm³/mol. The van der Waals surface area contributed by atoms with Gasteiger partial charge in [-0.25, -0.2) is 0 Å². The summed E-state index contributed by atoms with van der Waals surface area (Å²) in [5.41, 5.74) is 0. The summed E-state index contributed by atoms with van der Waals surface area (Å²) < 4.78 is 29.2. The van der Waals surface area contributed by atoms with Crippen molar-refractivity contribution in [3.05, 3.63) is 0 Å². The average molecular weight is 213 g/mol. The second kappa shape index (κ2) is 6.28. The van der Waals surface area contributed by atoms with Crippen molar-refractivity contribution in [1.29, 1.82) is 0 Å². The van der Waals surface area contributed by atoms with Gasteiger partial charge in [0.1, 0.15) is 0 Å². The van der Waals surface area contributed by atoms with Gasteiger partial charge in [-0.1, -0.05) is 5.23 Å². The molecular weight excluding hydrogens is 198 g/mol. The van der Waals surface area contributed by atoms with E-state index in [1.807, 2.05) is 0 Å². The summed E-state index contributed by atoms with van der Waals surface area (Å²) in [4.78, 5) is 9.83. The maximum Gasteiger partial charge on any atom is 0.266 e. The SMILES string of the molecule is CCON(CCS(=O)(=O)O)OCC. The van der Waals surface area contributed by atoms with Crippen LogP contribution in [0.2, 0.25) is 0 Å². The minimum atomic E-state index is -3.96. The largest absolute Gasteiger partial charge is 0.286 e. The van der Waals surface area contributed by atoms with E-state index < -0.39 is 15.9 Å². The molecule has 0 aliphatic heterocycles. The normalized spacial score (nSPS) is 12.3. The fourth-order valence-electron chi connectivity index (χ4n) is 0.644. The van der Waals surface area contributed by atoms with Crippen molar-refractivity contribution in [2.75, 3.05) is 25.5 Å². The quantitative estimate of drug-likeness (QED) is 0.476. The summed E-state index contributed by atoms with van der Waals surface area (Å²) in [7, 11) is -3.96. The minimum Gasteiger partial charge on any atom is -0.286 e. The first-order valence-electron chi connectivity index (χ1n) is 3.98. The van der Waals surface area contributed by atoms with Gasteiger partial charge in [0.15, 0.2) is 0 Å². The van der Waals surface area contributed by atoms with Gasteiger partial charge in [0, 0.05) is 0 Å². The lowest BCUT2D eigenvalue weighted by atomic mass is 10.8. The minimum absolute atomic E-state index is 0.0134. The first-order chi connectivity index (χ1) is 5.99. The van der Waals surface area contributed by atoms with Crippen LogP contribution in [0.3, 0.4) is 0 Å². The molecule has 0 spiro atoms. The maximum atomic E-state index is 10.4. The highest BCUT2D eigenvalue weighted by Gasteiger charge is 2.10. The fraction of sp³-hybridized carbons (Fsp3) is 1.00. The predicted octanol–water partition coefficient (Wildman–Crippen LogP) is 0.0792. The molecule has 0 aliphatic carbocycles. The van der Waals surface area contributed by atoms with Crippen molar-refractivity contribution in [3.63, 3.8) is 0 Å². The van der Waals surface area contributed by atoms with E-state index in [0.717, 1.165) is 5.23 Å². The molecule has 0 atom stereocenters. The van der Waals surface area contributed by atoms with Gasteiger partial charge in [0.2, 0.25) is 0 Å². The van der Waals surface area contributed by atoms with Gasteiger partial charge in [-0.3, -0.25) is 14.2 Å². The third-order valence-electron chi connectivity index (χ3n) is 1.08. The van der Waals surface area contributed by atoms with E-state index in [9.17, 15) is 8.42 Å². The molecule has 0 unspecified atom stereocenters. The lowest BCUT2D eigenvalue weighted by Crippen LogP contribution is -2.29. The molecule has 0 heterocycles. The molecule has 7 heteroatoms. The molecule has 0 saturated carbocycles. The maximum absolute atomic E-state index is 10.4. The number of hydrogen-bond donors (Lipinski definition) is 1. The molecule has 0 saturated heterocycles. The second-order valence-electron chi connectivity index (χ2n) is 2.18. The molecule has 6 nitrogen and oxygen atoms in total. The van der Waals surface area contributed by atoms with Crippen molar-refractivity contribution in [2.45, 2.75) is 13.8 Å². The molecule has 0 aromatic rings. The molecule has 0 aliphatic rings. The molecular formula is C6H15NO5S. The van der Waals surface area contributed by atoms with Gasteiger partial charge >= 0.3 is 0 Å². The molecule has 0 radical (unpaired) electrons. The van der Waals surface area contributed by atoms with E-state index >= 15 is 0 Å². The lowest BCUT2D eigenvalue weighted by molar-refractivity contribution is -0.362. The number of hydroxylamine groups is 2. The van der Waals surface area contributed by atoms with Gasteiger partial charge in [0.25, 0.3) is 10.1 Å². The Morgan fingerprint density at radius 3 is 2.00 bits per heavy atom. The highest BCUT2D eigenvalue weighted by Crippen LogP contribution is 1.94. The third kappa shape index (κ3) is 8.13. The zero-order valence-electron chi connectivity index (χ0n) is 7.76. The van der Waals surface area contributed by atoms with Crippen LogP contribution in [0.5, 0.6) is 0 Å². The fourth-order valence-corrected chi connectivity index (χ4v) is 1.02. The standard InChI is InChI=1S/C6H15NO5S/c1-3-11-7(12-4-2)5-6-13(8,9)10/h3-6H2,1-2H3,(H,8,9,10). The first kappa shape index (κ1) is 12.8. The summed E-state index contributed by atoms with van der Waals surface area (Å²) >= 11 is 0. The molecule has 0 aromatic carbocycles. The smallest absolute Gasteiger partial charge is 0.266 e. The van der Waals surface area contributed by atoms with Crippen molar-refractivity contribution in [3.8, 4) is 0 Å². The van der Waals surface area contributed by atoms with E-state index in [4.69, 9.17) is 14.2 Å². The number of hydrogen-bond acceptors (Lipinski definition) is 5. The van der Waals surface area contributed by atoms with Crippen LogP contribution in [-0.2, 0) is 19.8 Å². The van der Waals surface area contributed by atoms with Crippen LogP contribution in [0.4, 0.5) is 0 Å². The van der Waals surface area contributed by atoms with E-state index in [2.05, 4.69) is 0 Å². The van der Waals surface area contributed by atoms with Gasteiger partial charge in [0.05, 0.1) is 25.5 Å². The third-order valence-corrected chi connectivity index (χ3v) is 1.78. The van der Waals surface area contributed by atoms with Crippen LogP contribution in [0.1, 0.15) is 13.8 Å². The molecule has 0 amide bonds. The average Bonchev–Trinajstić information content (AvgIpc) is 2.00. The molecule has 1 N–H and O–H groups in total. The van der Waals surface area contributed by atoms with Crippen molar-refractivity contribution >= 4 is 10.1 Å². The van der Waals surface area contributed by atoms with Crippen LogP contribution in [0.15, 0.2) is 0 Å². The molecule has 0 bridgehead atoms. The molecule has 0 fully saturated rings. The summed E-state index contributed by atoms with van der Waals surface area (Å²) in [6.07, 6.45) is 0. The van der Waals surface area contributed by atoms with Crippen molar-refractivity contribution in [2.24, 2.45) is 0 Å². The summed E-state index contributed by atoms with van der Waals surface area (Å²) in [6, 6.07) is 0. The van der Waals surface area contributed by atoms with Crippen LogP contribution < -0.4 is 0 Å². The molecule has 0 rings (SSSR count). The Morgan fingerprint density at radius 2 is 1.69 bits per heavy atom. The Bertz CT molecular complexity index is 209. The Labute approximate surface area is 78.1 Å². The summed E-state index contributed by atoms with van der Waals surface area (Å²) in [5.74, 6) is -0.410. The van der Waals surface area contributed by atoms with Gasteiger partial charge in [-0.2, -0.15) is 8.42 Å². The van der Waals surface area contributed by atoms with Crippen LogP contribution >= 0.6 is 0 Å². The van der Waals surface area contributed by atoms with E-state index in [-0.39, 0.29) is 6.54 Å². The summed E-state index contributed by atoms with van der Waals surface area (Å²) in [6.45, 7) is 4.25. The van der Waals surface area contributed by atoms with E-state index in [1.165, 1.54) is 0 Å². The monoisotopic (exact) mass is 213 g/mol. The lowest BCUT2D eigenvalue weighted by Gasteiger charge is -2.18. The molecule has 0 aromatic heterocycles. The Morgan fingerprint density at radius 1 is 1.23 bits per heavy atom. The highest BCUT2D eigenvalue weighted by atomic mass is 32.2. The zero-order chi connectivity index (χ0) is 10.3. The highest BCUT2D eigenvalue weighted by molar-refractivity contribution is 7.85. The molecule has 13 heavy (non-hydrogen) atoms. The first-order valence-corrected chi connectivity index (χ1v) is 5.59. The van der Waals surface area contributed by atoms with Gasteiger partial charge in [-0.15, -0.1) is 0 Å². The summed E-state index contributed by atoms with van der Waals surface area (Å²) in [5, 5.41) is 1.05. The molecule has 80 valence electrons. The van der Waals surface area contributed by atoms with Crippen molar-refractivity contribution < 1.29 is 22.6 Å². The Kier molecular flexibility index (Phi) is 6.17. The number of nitrogens with zero attached hydrogens (tertiary/aromatic N) is 1.